The van der Waals surface area contributed by atoms with Crippen LogP contribution in [-0.4, -0.2) is 20.5 Å². The maximum atomic E-state index is 14.0. The summed E-state index contributed by atoms with van der Waals surface area (Å²) in [6, 6.07) is 12.5. The second-order valence-corrected chi connectivity index (χ2v) is 7.49. The van der Waals surface area contributed by atoms with Crippen molar-refractivity contribution in [2.45, 2.75) is 25.3 Å². The highest BCUT2D eigenvalue weighted by Gasteiger charge is 2.43. The van der Waals surface area contributed by atoms with Gasteiger partial charge in [0.05, 0.1) is 12.0 Å². The first-order valence-corrected chi connectivity index (χ1v) is 9.45. The number of halogens is 2. The zero-order chi connectivity index (χ0) is 20.1. The second kappa shape index (κ2) is 6.62. The Morgan fingerprint density at radius 2 is 1.79 bits per heavy atom. The van der Waals surface area contributed by atoms with Crippen LogP contribution in [0.4, 0.5) is 14.7 Å². The van der Waals surface area contributed by atoms with Crippen LogP contribution in [0, 0.1) is 24.5 Å². The zero-order valence-corrected chi connectivity index (χ0v) is 15.6. The fourth-order valence-electron chi connectivity index (χ4n) is 4.34. The SMILES string of the molecule is Cc1nc2n(n1)[C@H](c1cc(F)cc(F)c1)[C@H]1C(=O)C[C@@H](c3ccccc3)C=C1N2. The molecule has 0 amide bonds. The van der Waals surface area contributed by atoms with Crippen LogP contribution in [-0.2, 0) is 4.79 Å². The number of rotatable bonds is 2. The van der Waals surface area contributed by atoms with E-state index in [4.69, 9.17) is 0 Å². The Morgan fingerprint density at radius 1 is 1.07 bits per heavy atom. The lowest BCUT2D eigenvalue weighted by molar-refractivity contribution is -0.123. The van der Waals surface area contributed by atoms with E-state index in [1.54, 1.807) is 11.6 Å². The van der Waals surface area contributed by atoms with Crippen LogP contribution in [0.1, 0.15) is 35.3 Å². The van der Waals surface area contributed by atoms with Crippen molar-refractivity contribution in [2.75, 3.05) is 5.32 Å². The number of carbonyl (C=O) groups excluding carboxylic acids is 1. The lowest BCUT2D eigenvalue weighted by Gasteiger charge is -2.38. The van der Waals surface area contributed by atoms with Crippen molar-refractivity contribution in [3.8, 4) is 0 Å². The fourth-order valence-corrected chi connectivity index (χ4v) is 4.34. The molecule has 0 radical (unpaired) electrons. The summed E-state index contributed by atoms with van der Waals surface area (Å²) in [4.78, 5) is 17.6. The Balaban J connectivity index is 1.66. The van der Waals surface area contributed by atoms with Crippen molar-refractivity contribution in [3.05, 3.63) is 88.9 Å². The largest absolute Gasteiger partial charge is 0.328 e. The van der Waals surface area contributed by atoms with Gasteiger partial charge in [-0.25, -0.2) is 13.5 Å². The molecule has 2 aliphatic rings. The van der Waals surface area contributed by atoms with Gasteiger partial charge >= 0.3 is 0 Å². The summed E-state index contributed by atoms with van der Waals surface area (Å²) in [5, 5.41) is 7.61. The topological polar surface area (TPSA) is 59.8 Å². The zero-order valence-electron chi connectivity index (χ0n) is 15.6. The smallest absolute Gasteiger partial charge is 0.226 e. The highest BCUT2D eigenvalue weighted by molar-refractivity contribution is 5.88. The number of carbonyl (C=O) groups is 1. The average Bonchev–Trinajstić information content (AvgIpc) is 3.05. The van der Waals surface area contributed by atoms with Crippen molar-refractivity contribution < 1.29 is 13.6 Å². The number of Topliss-reactive ketones (excluding diaryl/α,β-unsaturated/α-hetero) is 1. The van der Waals surface area contributed by atoms with Gasteiger partial charge in [0.1, 0.15) is 23.2 Å². The molecule has 146 valence electrons. The Kier molecular flexibility index (Phi) is 4.04. The molecular formula is C22H18F2N4O. The number of aryl methyl sites for hydroxylation is 1. The molecule has 3 atom stereocenters. The number of aromatic nitrogens is 3. The summed E-state index contributed by atoms with van der Waals surface area (Å²) in [5.74, 6) is -1.08. The van der Waals surface area contributed by atoms with Crippen LogP contribution in [0.15, 0.2) is 60.3 Å². The Hall–Kier alpha value is -3.35. The number of allylic oxidation sites excluding steroid dienone is 2. The van der Waals surface area contributed by atoms with Crippen LogP contribution in [0.3, 0.4) is 0 Å². The van der Waals surface area contributed by atoms with E-state index in [9.17, 15) is 13.6 Å². The number of hydrogen-bond acceptors (Lipinski definition) is 4. The number of fused-ring (bicyclic) bond motifs is 2. The fraction of sp³-hybridized carbons (Fsp3) is 0.227. The van der Waals surface area contributed by atoms with Crippen LogP contribution in [0.2, 0.25) is 0 Å². The van der Waals surface area contributed by atoms with E-state index in [1.807, 2.05) is 36.4 Å². The molecule has 5 nitrogen and oxygen atoms in total. The van der Waals surface area contributed by atoms with Gasteiger partial charge in [0.25, 0.3) is 0 Å². The van der Waals surface area contributed by atoms with Gasteiger partial charge in [-0.2, -0.15) is 10.1 Å². The van der Waals surface area contributed by atoms with E-state index in [0.29, 0.717) is 29.5 Å². The van der Waals surface area contributed by atoms with Crippen molar-refractivity contribution in [2.24, 2.45) is 5.92 Å². The summed E-state index contributed by atoms with van der Waals surface area (Å²) < 4.78 is 29.5. The molecule has 0 fully saturated rings. The third kappa shape index (κ3) is 3.03. The normalized spacial score (nSPS) is 23.1. The van der Waals surface area contributed by atoms with Gasteiger partial charge in [-0.1, -0.05) is 36.4 Å². The van der Waals surface area contributed by atoms with Crippen molar-refractivity contribution in [1.82, 2.24) is 14.8 Å². The van der Waals surface area contributed by atoms with Gasteiger partial charge in [0.2, 0.25) is 5.95 Å². The first-order chi connectivity index (χ1) is 14.0. The standard InChI is InChI=1S/C22H18F2N4O/c1-12-25-22-26-18-9-14(13-5-3-2-4-6-13)10-19(29)20(18)21(28(22)27-12)15-7-16(23)11-17(24)8-15/h2-9,11,14,20-21H,10H2,1H3,(H,25,26,27)/t14-,20+,21+/m0/s1. The van der Waals surface area contributed by atoms with Gasteiger partial charge in [-0.15, -0.1) is 0 Å². The van der Waals surface area contributed by atoms with Gasteiger partial charge in [0.15, 0.2) is 0 Å². The predicted octanol–water partition coefficient (Wildman–Crippen LogP) is 4.14. The number of ketones is 1. The number of anilines is 1. The van der Waals surface area contributed by atoms with Gasteiger partial charge in [-0.3, -0.25) is 4.79 Å². The molecule has 1 N–H and O–H groups in total. The van der Waals surface area contributed by atoms with Crippen molar-refractivity contribution in [1.29, 1.82) is 0 Å². The highest BCUT2D eigenvalue weighted by Crippen LogP contribution is 2.44. The van der Waals surface area contributed by atoms with E-state index in [1.165, 1.54) is 12.1 Å². The lowest BCUT2D eigenvalue weighted by Crippen LogP contribution is -2.40. The van der Waals surface area contributed by atoms with Gasteiger partial charge in [0, 0.05) is 24.1 Å². The average molecular weight is 392 g/mol. The van der Waals surface area contributed by atoms with Crippen molar-refractivity contribution >= 4 is 11.7 Å². The van der Waals surface area contributed by atoms with Crippen LogP contribution in [0.25, 0.3) is 0 Å². The Labute approximate surface area is 166 Å². The second-order valence-electron chi connectivity index (χ2n) is 7.49. The molecule has 0 unspecified atom stereocenters. The monoisotopic (exact) mass is 392 g/mol. The third-order valence-corrected chi connectivity index (χ3v) is 5.51. The summed E-state index contributed by atoms with van der Waals surface area (Å²) in [7, 11) is 0. The quantitative estimate of drug-likeness (QED) is 0.712. The number of hydrogen-bond donors (Lipinski definition) is 1. The molecule has 2 heterocycles. The molecule has 2 aromatic carbocycles. The van der Waals surface area contributed by atoms with E-state index in [2.05, 4.69) is 15.4 Å². The number of nitrogens with one attached hydrogen (secondary N) is 1. The molecule has 7 heteroatoms. The van der Waals surface area contributed by atoms with Crippen LogP contribution < -0.4 is 5.32 Å². The first kappa shape index (κ1) is 17.7. The molecule has 1 aliphatic carbocycles. The minimum Gasteiger partial charge on any atom is -0.328 e. The molecule has 0 saturated heterocycles. The van der Waals surface area contributed by atoms with E-state index >= 15 is 0 Å². The van der Waals surface area contributed by atoms with Gasteiger partial charge in [-0.05, 0) is 30.2 Å². The molecule has 0 saturated carbocycles. The molecule has 0 bridgehead atoms. The predicted molar refractivity (Wildman–Crippen MR) is 103 cm³/mol. The first-order valence-electron chi connectivity index (χ1n) is 9.45. The number of nitrogens with zero attached hydrogens (tertiary/aromatic N) is 3. The molecule has 3 aromatic rings. The van der Waals surface area contributed by atoms with Crippen LogP contribution in [0.5, 0.6) is 0 Å². The summed E-state index contributed by atoms with van der Waals surface area (Å²) >= 11 is 0. The summed E-state index contributed by atoms with van der Waals surface area (Å²) in [5.41, 5.74) is 2.10. The molecular weight excluding hydrogens is 374 g/mol. The lowest BCUT2D eigenvalue weighted by atomic mass is 9.75. The Morgan fingerprint density at radius 3 is 2.52 bits per heavy atom. The van der Waals surface area contributed by atoms with E-state index < -0.39 is 23.6 Å². The van der Waals surface area contributed by atoms with Crippen molar-refractivity contribution in [3.63, 3.8) is 0 Å². The number of benzene rings is 2. The molecule has 5 rings (SSSR count). The third-order valence-electron chi connectivity index (χ3n) is 5.51. The molecule has 1 aromatic heterocycles. The van der Waals surface area contributed by atoms with E-state index in [0.717, 1.165) is 11.6 Å². The summed E-state index contributed by atoms with van der Waals surface area (Å²) in [6.45, 7) is 1.74. The summed E-state index contributed by atoms with van der Waals surface area (Å²) in [6.07, 6.45) is 2.34. The van der Waals surface area contributed by atoms with E-state index in [-0.39, 0.29) is 11.7 Å². The molecule has 0 spiro atoms. The minimum atomic E-state index is -0.687. The Bertz CT molecular complexity index is 1120. The maximum absolute atomic E-state index is 14.0. The highest BCUT2D eigenvalue weighted by atomic mass is 19.1. The van der Waals surface area contributed by atoms with Crippen LogP contribution >= 0.6 is 0 Å². The molecule has 29 heavy (non-hydrogen) atoms. The minimum absolute atomic E-state index is 0.00248. The van der Waals surface area contributed by atoms with Gasteiger partial charge < -0.3 is 5.32 Å². The molecule has 1 aliphatic heterocycles. The maximum Gasteiger partial charge on any atom is 0.226 e.